The molecule has 7 heteroatoms. The Balaban J connectivity index is 1.45. The molecule has 0 aliphatic rings. The molecule has 0 saturated carbocycles. The standard InChI is InChI=1S/C29H22F4O3/c30-25-12-6-21(7-13-25)27(17-28(34)35)22-8-14-26(15-9-22)36-18-19-2-1-3-23(16-19)20-4-10-24(11-5-20)29(31,32)33/h1-16,27H,17-18H2,(H,34,35). The number of aliphatic carboxylic acids is 1. The fourth-order valence-electron chi connectivity index (χ4n) is 3.95. The minimum absolute atomic E-state index is 0.136. The van der Waals surface area contributed by atoms with Crippen molar-refractivity contribution in [3.63, 3.8) is 0 Å². The first-order valence-electron chi connectivity index (χ1n) is 11.2. The second kappa shape index (κ2) is 10.6. The normalized spacial score (nSPS) is 12.2. The summed E-state index contributed by atoms with van der Waals surface area (Å²) < 4.78 is 57.6. The van der Waals surface area contributed by atoms with Crippen molar-refractivity contribution in [1.82, 2.24) is 0 Å². The van der Waals surface area contributed by atoms with Gasteiger partial charge >= 0.3 is 12.1 Å². The van der Waals surface area contributed by atoms with Gasteiger partial charge in [0.2, 0.25) is 0 Å². The molecule has 3 nitrogen and oxygen atoms in total. The summed E-state index contributed by atoms with van der Waals surface area (Å²) in [5.74, 6) is -1.21. The summed E-state index contributed by atoms with van der Waals surface area (Å²) in [6, 6.07) is 25.2. The lowest BCUT2D eigenvalue weighted by atomic mass is 9.88. The quantitative estimate of drug-likeness (QED) is 0.255. The van der Waals surface area contributed by atoms with E-state index >= 15 is 0 Å². The molecule has 0 bridgehead atoms. The molecule has 184 valence electrons. The van der Waals surface area contributed by atoms with Gasteiger partial charge in [0.05, 0.1) is 12.0 Å². The van der Waals surface area contributed by atoms with Gasteiger partial charge in [0.25, 0.3) is 0 Å². The molecule has 0 fully saturated rings. The summed E-state index contributed by atoms with van der Waals surface area (Å²) >= 11 is 0. The van der Waals surface area contributed by atoms with E-state index in [1.54, 1.807) is 36.4 Å². The predicted molar refractivity (Wildman–Crippen MR) is 128 cm³/mol. The van der Waals surface area contributed by atoms with Gasteiger partial charge in [0, 0.05) is 5.92 Å². The summed E-state index contributed by atoms with van der Waals surface area (Å²) in [5, 5.41) is 9.33. The fourth-order valence-corrected chi connectivity index (χ4v) is 3.95. The number of carbonyl (C=O) groups is 1. The minimum atomic E-state index is -4.38. The second-order valence-corrected chi connectivity index (χ2v) is 8.34. The minimum Gasteiger partial charge on any atom is -0.489 e. The van der Waals surface area contributed by atoms with Crippen molar-refractivity contribution in [2.75, 3.05) is 0 Å². The summed E-state index contributed by atoms with van der Waals surface area (Å²) in [4.78, 5) is 11.4. The van der Waals surface area contributed by atoms with Crippen molar-refractivity contribution in [3.8, 4) is 16.9 Å². The number of rotatable bonds is 8. The van der Waals surface area contributed by atoms with Crippen molar-refractivity contribution in [3.05, 3.63) is 125 Å². The molecule has 0 heterocycles. The monoisotopic (exact) mass is 494 g/mol. The Kier molecular flexibility index (Phi) is 7.38. The van der Waals surface area contributed by atoms with E-state index in [4.69, 9.17) is 4.74 Å². The van der Waals surface area contributed by atoms with Crippen LogP contribution in [0.4, 0.5) is 17.6 Å². The summed E-state index contributed by atoms with van der Waals surface area (Å²) in [5.41, 5.74) is 3.05. The van der Waals surface area contributed by atoms with E-state index in [0.29, 0.717) is 16.9 Å². The Labute approximate surface area is 205 Å². The van der Waals surface area contributed by atoms with Gasteiger partial charge in [0.1, 0.15) is 18.2 Å². The van der Waals surface area contributed by atoms with E-state index in [1.165, 1.54) is 24.3 Å². The highest BCUT2D eigenvalue weighted by Crippen LogP contribution is 2.32. The molecule has 1 atom stereocenters. The molecule has 0 spiro atoms. The zero-order chi connectivity index (χ0) is 25.7. The fraction of sp³-hybridized carbons (Fsp3) is 0.138. The van der Waals surface area contributed by atoms with E-state index in [2.05, 4.69) is 0 Å². The van der Waals surface area contributed by atoms with Crippen molar-refractivity contribution in [2.45, 2.75) is 25.1 Å². The average molecular weight is 494 g/mol. The SMILES string of the molecule is O=C(O)CC(c1ccc(F)cc1)c1ccc(OCc2cccc(-c3ccc(C(F)(F)F)cc3)c2)cc1. The Hall–Kier alpha value is -4.13. The molecule has 0 aromatic heterocycles. The molecule has 0 saturated heterocycles. The molecule has 0 radical (unpaired) electrons. The first kappa shape index (κ1) is 25.0. The number of carboxylic acids is 1. The molecule has 0 aliphatic carbocycles. The van der Waals surface area contributed by atoms with Crippen LogP contribution in [0.3, 0.4) is 0 Å². The highest BCUT2D eigenvalue weighted by atomic mass is 19.4. The van der Waals surface area contributed by atoms with E-state index < -0.39 is 23.6 Å². The van der Waals surface area contributed by atoms with E-state index in [-0.39, 0.29) is 18.8 Å². The number of halogens is 4. The maximum atomic E-state index is 13.3. The van der Waals surface area contributed by atoms with Crippen LogP contribution in [0.15, 0.2) is 97.1 Å². The molecule has 4 aromatic rings. The van der Waals surface area contributed by atoms with Crippen molar-refractivity contribution in [1.29, 1.82) is 0 Å². The zero-order valence-electron chi connectivity index (χ0n) is 19.0. The molecule has 36 heavy (non-hydrogen) atoms. The van der Waals surface area contributed by atoms with Crippen molar-refractivity contribution in [2.24, 2.45) is 0 Å². The van der Waals surface area contributed by atoms with Crippen LogP contribution < -0.4 is 4.74 Å². The smallest absolute Gasteiger partial charge is 0.416 e. The van der Waals surface area contributed by atoms with Gasteiger partial charge in [-0.25, -0.2) is 4.39 Å². The zero-order valence-corrected chi connectivity index (χ0v) is 19.0. The predicted octanol–water partition coefficient (Wildman–Crippen LogP) is 7.70. The Morgan fingerprint density at radius 3 is 2.00 bits per heavy atom. The number of hydrogen-bond donors (Lipinski definition) is 1. The molecule has 1 unspecified atom stereocenters. The van der Waals surface area contributed by atoms with Gasteiger partial charge in [-0.1, -0.05) is 54.6 Å². The van der Waals surface area contributed by atoms with E-state index in [9.17, 15) is 27.5 Å². The van der Waals surface area contributed by atoms with E-state index in [0.717, 1.165) is 28.8 Å². The summed E-state index contributed by atoms with van der Waals surface area (Å²) in [6.45, 7) is 0.240. The number of carboxylic acid groups (broad SMARTS) is 1. The third-order valence-corrected chi connectivity index (χ3v) is 5.81. The van der Waals surface area contributed by atoms with Crippen LogP contribution in [0.1, 0.15) is 34.6 Å². The Morgan fingerprint density at radius 1 is 0.806 bits per heavy atom. The first-order valence-corrected chi connectivity index (χ1v) is 11.2. The molecule has 1 N–H and O–H groups in total. The maximum Gasteiger partial charge on any atom is 0.416 e. The molecule has 4 rings (SSSR count). The van der Waals surface area contributed by atoms with Crippen LogP contribution in [-0.4, -0.2) is 11.1 Å². The number of hydrogen-bond acceptors (Lipinski definition) is 2. The molecular formula is C29H22F4O3. The lowest BCUT2D eigenvalue weighted by Gasteiger charge is -2.17. The van der Waals surface area contributed by atoms with Gasteiger partial charge in [-0.15, -0.1) is 0 Å². The average Bonchev–Trinajstić information content (AvgIpc) is 2.87. The maximum absolute atomic E-state index is 13.3. The van der Waals surface area contributed by atoms with Crippen molar-refractivity contribution < 1.29 is 32.2 Å². The van der Waals surface area contributed by atoms with Crippen LogP contribution in [0, 0.1) is 5.82 Å². The number of ether oxygens (including phenoxy) is 1. The largest absolute Gasteiger partial charge is 0.489 e. The molecule has 4 aromatic carbocycles. The lowest BCUT2D eigenvalue weighted by Crippen LogP contribution is -2.08. The van der Waals surface area contributed by atoms with Crippen LogP contribution in [0.2, 0.25) is 0 Å². The van der Waals surface area contributed by atoms with Crippen LogP contribution in [0.5, 0.6) is 5.75 Å². The third-order valence-electron chi connectivity index (χ3n) is 5.81. The first-order chi connectivity index (χ1) is 17.2. The number of benzene rings is 4. The van der Waals surface area contributed by atoms with Crippen molar-refractivity contribution >= 4 is 5.97 Å². The van der Waals surface area contributed by atoms with E-state index in [1.807, 2.05) is 24.3 Å². The van der Waals surface area contributed by atoms with Gasteiger partial charge in [-0.3, -0.25) is 4.79 Å². The van der Waals surface area contributed by atoms with Crippen LogP contribution in [0.25, 0.3) is 11.1 Å². The Bertz CT molecular complexity index is 1310. The van der Waals surface area contributed by atoms with Gasteiger partial charge in [-0.2, -0.15) is 13.2 Å². The van der Waals surface area contributed by atoms with Gasteiger partial charge < -0.3 is 9.84 Å². The summed E-state index contributed by atoms with van der Waals surface area (Å²) in [6.07, 6.45) is -4.51. The van der Waals surface area contributed by atoms with Gasteiger partial charge in [-0.05, 0) is 70.3 Å². The third kappa shape index (κ3) is 6.30. The number of alkyl halides is 3. The highest BCUT2D eigenvalue weighted by molar-refractivity contribution is 5.69. The van der Waals surface area contributed by atoms with Gasteiger partial charge in [0.15, 0.2) is 0 Å². The second-order valence-electron chi connectivity index (χ2n) is 8.34. The highest BCUT2D eigenvalue weighted by Gasteiger charge is 2.30. The topological polar surface area (TPSA) is 46.5 Å². The van der Waals surface area contributed by atoms with Crippen LogP contribution >= 0.6 is 0 Å². The molecule has 0 aliphatic heterocycles. The van der Waals surface area contributed by atoms with Crippen LogP contribution in [-0.2, 0) is 17.6 Å². The Morgan fingerprint density at radius 2 is 1.42 bits per heavy atom. The molecule has 0 amide bonds. The lowest BCUT2D eigenvalue weighted by molar-refractivity contribution is -0.138. The molecular weight excluding hydrogens is 472 g/mol. The summed E-state index contributed by atoms with van der Waals surface area (Å²) in [7, 11) is 0.